The van der Waals surface area contributed by atoms with Crippen LogP contribution in [-0.4, -0.2) is 29.7 Å². The van der Waals surface area contributed by atoms with Crippen molar-refractivity contribution in [3.63, 3.8) is 0 Å². The molecule has 0 radical (unpaired) electrons. The minimum Gasteiger partial charge on any atom is -0.308 e. The summed E-state index contributed by atoms with van der Waals surface area (Å²) < 4.78 is 4.07. The van der Waals surface area contributed by atoms with Crippen LogP contribution < -0.4 is 0 Å². The molecule has 0 atom stereocenters. The molecule has 0 aliphatic rings. The third-order valence-electron chi connectivity index (χ3n) is 3.94. The van der Waals surface area contributed by atoms with Crippen LogP contribution in [0.3, 0.4) is 0 Å². The van der Waals surface area contributed by atoms with Gasteiger partial charge in [0.1, 0.15) is 17.0 Å². The second-order valence-corrected chi connectivity index (χ2v) is 9.08. The lowest BCUT2D eigenvalue weighted by Crippen LogP contribution is -1.98. The Morgan fingerprint density at radius 1 is 1.29 bits per heavy atom. The second kappa shape index (κ2) is 7.86. The van der Waals surface area contributed by atoms with Gasteiger partial charge in [-0.25, -0.2) is 9.97 Å². The summed E-state index contributed by atoms with van der Waals surface area (Å²) in [5.74, 6) is 1.47. The van der Waals surface area contributed by atoms with Crippen LogP contribution in [0.25, 0.3) is 10.2 Å². The first kappa shape index (κ1) is 18.8. The number of pyridine rings is 1. The predicted octanol–water partition coefficient (Wildman–Crippen LogP) is 4.48. The van der Waals surface area contributed by atoms with E-state index in [9.17, 15) is 10.1 Å². The minimum atomic E-state index is -0.450. The average molecular weight is 431 g/mol. The molecule has 0 amide bonds. The lowest BCUT2D eigenvalue weighted by molar-refractivity contribution is -0.385. The molecular weight excluding hydrogens is 416 g/mol. The van der Waals surface area contributed by atoms with Crippen molar-refractivity contribution >= 4 is 50.8 Å². The number of hydrogen-bond acceptors (Lipinski definition) is 9. The van der Waals surface area contributed by atoms with Crippen molar-refractivity contribution in [2.75, 3.05) is 0 Å². The number of thiazole rings is 1. The first-order valence-electron chi connectivity index (χ1n) is 8.17. The van der Waals surface area contributed by atoms with Crippen LogP contribution in [0.1, 0.15) is 11.4 Å². The number of aryl methyl sites for hydroxylation is 1. The van der Waals surface area contributed by atoms with E-state index in [-0.39, 0.29) is 5.69 Å². The molecule has 11 heteroatoms. The molecule has 0 saturated carbocycles. The van der Waals surface area contributed by atoms with Gasteiger partial charge in [-0.2, -0.15) is 0 Å². The molecule has 4 aromatic rings. The number of hydrogen-bond donors (Lipinski definition) is 0. The molecule has 28 heavy (non-hydrogen) atoms. The summed E-state index contributed by atoms with van der Waals surface area (Å²) in [7, 11) is 1.90. The van der Waals surface area contributed by atoms with Crippen molar-refractivity contribution in [3.8, 4) is 0 Å². The summed E-state index contributed by atoms with van der Waals surface area (Å²) in [6, 6.07) is 9.57. The van der Waals surface area contributed by atoms with Crippen LogP contribution in [0.2, 0.25) is 0 Å². The number of nitro groups is 1. The molecule has 3 heterocycles. The van der Waals surface area contributed by atoms with Crippen molar-refractivity contribution < 1.29 is 4.92 Å². The summed E-state index contributed by atoms with van der Waals surface area (Å²) in [4.78, 5) is 19.2. The quantitative estimate of drug-likeness (QED) is 0.251. The van der Waals surface area contributed by atoms with E-state index in [0.717, 1.165) is 21.2 Å². The fourth-order valence-electron chi connectivity index (χ4n) is 2.44. The Hall–Kier alpha value is -2.50. The third kappa shape index (κ3) is 3.86. The molecule has 142 valence electrons. The van der Waals surface area contributed by atoms with Gasteiger partial charge >= 0.3 is 0 Å². The number of rotatable bonds is 6. The first-order chi connectivity index (χ1) is 13.5. The van der Waals surface area contributed by atoms with E-state index in [4.69, 9.17) is 0 Å². The highest BCUT2D eigenvalue weighted by Crippen LogP contribution is 2.33. The number of thioether (sulfide) groups is 1. The van der Waals surface area contributed by atoms with E-state index >= 15 is 0 Å². The highest BCUT2D eigenvalue weighted by molar-refractivity contribution is 8.00. The van der Waals surface area contributed by atoms with Gasteiger partial charge in [0.2, 0.25) is 0 Å². The number of fused-ring (bicyclic) bond motifs is 1. The van der Waals surface area contributed by atoms with Crippen molar-refractivity contribution in [2.24, 2.45) is 7.05 Å². The molecule has 0 fully saturated rings. The van der Waals surface area contributed by atoms with Gasteiger partial charge in [-0.05, 0) is 36.4 Å². The van der Waals surface area contributed by atoms with Gasteiger partial charge in [0.15, 0.2) is 9.50 Å². The smallest absolute Gasteiger partial charge is 0.287 e. The molecule has 4 rings (SSSR count). The van der Waals surface area contributed by atoms with Crippen molar-refractivity contribution in [3.05, 3.63) is 58.0 Å². The highest BCUT2D eigenvalue weighted by Gasteiger charge is 2.15. The fourth-order valence-corrected chi connectivity index (χ4v) is 5.31. The number of aromatic nitrogens is 5. The Bertz CT molecular complexity index is 1140. The second-order valence-electron chi connectivity index (χ2n) is 5.87. The molecular formula is C17H14N6O2S3. The molecule has 0 aliphatic heterocycles. The van der Waals surface area contributed by atoms with E-state index in [2.05, 4.69) is 26.2 Å². The van der Waals surface area contributed by atoms with Gasteiger partial charge in [0, 0.05) is 13.1 Å². The van der Waals surface area contributed by atoms with Gasteiger partial charge in [-0.15, -0.1) is 21.5 Å². The zero-order chi connectivity index (χ0) is 19.7. The maximum absolute atomic E-state index is 10.9. The van der Waals surface area contributed by atoms with Crippen LogP contribution in [-0.2, 0) is 12.8 Å². The normalized spacial score (nSPS) is 11.2. The molecule has 0 unspecified atom stereocenters. The third-order valence-corrected chi connectivity index (χ3v) is 7.27. The fraction of sp³-hybridized carbons (Fsp3) is 0.176. The standard InChI is InChI=1S/C17H14N6O2S3/c1-10-7-11(23(24)25)8-18-15(10)28-16-21-20-14(22(16)2)9-26-17-19-12-5-3-4-6-13(12)27-17/h3-8H,9H2,1-2H3. The minimum absolute atomic E-state index is 0.0206. The lowest BCUT2D eigenvalue weighted by Gasteiger charge is -2.05. The van der Waals surface area contributed by atoms with Crippen molar-refractivity contribution in [2.45, 2.75) is 27.2 Å². The maximum atomic E-state index is 10.9. The molecule has 1 aromatic carbocycles. The Kier molecular flexibility index (Phi) is 5.29. The summed E-state index contributed by atoms with van der Waals surface area (Å²) >= 11 is 4.63. The van der Waals surface area contributed by atoms with Crippen molar-refractivity contribution in [1.82, 2.24) is 24.7 Å². The Balaban J connectivity index is 1.47. The summed E-state index contributed by atoms with van der Waals surface area (Å²) in [5.41, 5.74) is 1.71. The molecule has 0 saturated heterocycles. The largest absolute Gasteiger partial charge is 0.308 e. The zero-order valence-electron chi connectivity index (χ0n) is 14.9. The van der Waals surface area contributed by atoms with Gasteiger partial charge in [-0.1, -0.05) is 23.9 Å². The van der Waals surface area contributed by atoms with Crippen molar-refractivity contribution in [1.29, 1.82) is 0 Å². The van der Waals surface area contributed by atoms with E-state index < -0.39 is 4.92 Å². The Morgan fingerprint density at radius 2 is 2.11 bits per heavy atom. The van der Waals surface area contributed by atoms with E-state index in [1.54, 1.807) is 30.0 Å². The average Bonchev–Trinajstić information content (AvgIpc) is 3.25. The summed E-state index contributed by atoms with van der Waals surface area (Å²) in [5, 5.41) is 20.7. The SMILES string of the molecule is Cc1cc([N+](=O)[O-])cnc1Sc1nnc(CSc2nc3ccccc3s2)n1C. The molecule has 0 N–H and O–H groups in total. The number of nitrogens with zero attached hydrogens (tertiary/aromatic N) is 6. The van der Waals surface area contributed by atoms with E-state index in [0.29, 0.717) is 15.9 Å². The molecule has 0 bridgehead atoms. The van der Waals surface area contributed by atoms with E-state index in [1.165, 1.54) is 28.7 Å². The van der Waals surface area contributed by atoms with Gasteiger partial charge in [-0.3, -0.25) is 10.1 Å². The Morgan fingerprint density at radius 3 is 2.86 bits per heavy atom. The maximum Gasteiger partial charge on any atom is 0.287 e. The van der Waals surface area contributed by atoms with Crippen LogP contribution in [0.5, 0.6) is 0 Å². The predicted molar refractivity (Wildman–Crippen MR) is 110 cm³/mol. The number of benzene rings is 1. The van der Waals surface area contributed by atoms with E-state index in [1.807, 2.05) is 29.8 Å². The van der Waals surface area contributed by atoms with Crippen LogP contribution in [0, 0.1) is 17.0 Å². The number of para-hydroxylation sites is 1. The van der Waals surface area contributed by atoms with Crippen LogP contribution >= 0.6 is 34.9 Å². The van der Waals surface area contributed by atoms with Gasteiger partial charge in [0.25, 0.3) is 5.69 Å². The molecule has 8 nitrogen and oxygen atoms in total. The van der Waals surface area contributed by atoms with Gasteiger partial charge in [0.05, 0.1) is 20.9 Å². The lowest BCUT2D eigenvalue weighted by atomic mass is 10.3. The van der Waals surface area contributed by atoms with Gasteiger partial charge < -0.3 is 4.57 Å². The van der Waals surface area contributed by atoms with Crippen LogP contribution in [0.15, 0.2) is 51.1 Å². The monoisotopic (exact) mass is 430 g/mol. The topological polar surface area (TPSA) is 99.6 Å². The highest BCUT2D eigenvalue weighted by atomic mass is 32.2. The molecule has 0 spiro atoms. The first-order valence-corrected chi connectivity index (χ1v) is 10.8. The molecule has 0 aliphatic carbocycles. The zero-order valence-corrected chi connectivity index (χ0v) is 17.3. The van der Waals surface area contributed by atoms with Crippen LogP contribution in [0.4, 0.5) is 5.69 Å². The summed E-state index contributed by atoms with van der Waals surface area (Å²) in [6.07, 6.45) is 1.26. The summed E-state index contributed by atoms with van der Waals surface area (Å²) in [6.45, 7) is 1.79. The molecule has 3 aromatic heterocycles. The Labute approximate surface area is 172 Å².